The molecule has 3 N–H and O–H groups in total. The quantitative estimate of drug-likeness (QED) is 0.631. The van der Waals surface area contributed by atoms with Crippen LogP contribution in [0.5, 0.6) is 11.5 Å². The van der Waals surface area contributed by atoms with Crippen LogP contribution in [-0.4, -0.2) is 28.7 Å². The lowest BCUT2D eigenvalue weighted by molar-refractivity contribution is 0.307. The molecule has 6 nitrogen and oxygen atoms in total. The molecule has 144 valence electrons. The standard InChI is InChI=1S/C18H24N2O4S.ClH/c1-3-24-18-15(5-4-6-17(18)23-2)13-20-12-11-14-7-9-16(10-8-14)25(19,21)22;/h4-10,20H,3,11-13H2,1-2H3,(H2,19,21,22);1H. The maximum atomic E-state index is 11.2. The minimum Gasteiger partial charge on any atom is -0.493 e. The second-order valence-corrected chi connectivity index (χ2v) is 7.06. The monoisotopic (exact) mass is 400 g/mol. The SMILES string of the molecule is CCOc1c(CNCCc2ccc(S(N)(=O)=O)cc2)cccc1OC.Cl. The number of hydrogen-bond acceptors (Lipinski definition) is 5. The second kappa shape index (κ2) is 10.4. The maximum absolute atomic E-state index is 11.2. The summed E-state index contributed by atoms with van der Waals surface area (Å²) >= 11 is 0. The number of sulfonamides is 1. The smallest absolute Gasteiger partial charge is 0.238 e. The van der Waals surface area contributed by atoms with Crippen LogP contribution in [0.25, 0.3) is 0 Å². The molecular formula is C18H25ClN2O4S. The molecule has 0 saturated carbocycles. The third-order valence-electron chi connectivity index (χ3n) is 3.73. The molecule has 0 atom stereocenters. The molecule has 0 unspecified atom stereocenters. The van der Waals surface area contributed by atoms with E-state index in [0.717, 1.165) is 35.6 Å². The molecular weight excluding hydrogens is 376 g/mol. The Bertz CT molecular complexity index is 795. The van der Waals surface area contributed by atoms with Gasteiger partial charge < -0.3 is 14.8 Å². The molecule has 2 aromatic rings. The number of nitrogens with two attached hydrogens (primary N) is 1. The normalized spacial score (nSPS) is 10.9. The molecule has 0 aliphatic heterocycles. The summed E-state index contributed by atoms with van der Waals surface area (Å²) in [5.74, 6) is 1.48. The van der Waals surface area contributed by atoms with Crippen LogP contribution >= 0.6 is 12.4 Å². The number of rotatable bonds is 9. The van der Waals surface area contributed by atoms with E-state index >= 15 is 0 Å². The highest BCUT2D eigenvalue weighted by Crippen LogP contribution is 2.30. The molecule has 0 amide bonds. The zero-order valence-electron chi connectivity index (χ0n) is 14.9. The Morgan fingerprint density at radius 3 is 2.38 bits per heavy atom. The molecule has 0 aliphatic rings. The first-order valence-corrected chi connectivity index (χ1v) is 9.61. The van der Waals surface area contributed by atoms with E-state index in [9.17, 15) is 8.42 Å². The Balaban J connectivity index is 0.00000338. The highest BCUT2D eigenvalue weighted by molar-refractivity contribution is 7.89. The number of nitrogens with one attached hydrogen (secondary N) is 1. The Morgan fingerprint density at radius 1 is 1.12 bits per heavy atom. The molecule has 0 fully saturated rings. The minimum absolute atomic E-state index is 0. The Kier molecular flexibility index (Phi) is 8.87. The van der Waals surface area contributed by atoms with E-state index in [1.165, 1.54) is 12.1 Å². The molecule has 8 heteroatoms. The first-order chi connectivity index (χ1) is 12.0. The maximum Gasteiger partial charge on any atom is 0.238 e. The molecule has 2 rings (SSSR count). The third-order valence-corrected chi connectivity index (χ3v) is 4.66. The molecule has 0 bridgehead atoms. The molecule has 26 heavy (non-hydrogen) atoms. The summed E-state index contributed by atoms with van der Waals surface area (Å²) in [5, 5.41) is 8.46. The van der Waals surface area contributed by atoms with E-state index in [1.807, 2.05) is 25.1 Å². The number of methoxy groups -OCH3 is 1. The number of para-hydroxylation sites is 1. The van der Waals surface area contributed by atoms with Gasteiger partial charge in [0, 0.05) is 12.1 Å². The van der Waals surface area contributed by atoms with Gasteiger partial charge in [0.25, 0.3) is 0 Å². The Labute approximate surface area is 161 Å². The van der Waals surface area contributed by atoms with E-state index in [0.29, 0.717) is 13.2 Å². The third kappa shape index (κ3) is 6.17. The van der Waals surface area contributed by atoms with Crippen LogP contribution in [0.2, 0.25) is 0 Å². The summed E-state index contributed by atoms with van der Waals surface area (Å²) in [7, 11) is -2.01. The van der Waals surface area contributed by atoms with Crippen molar-refractivity contribution < 1.29 is 17.9 Å². The average Bonchev–Trinajstić information content (AvgIpc) is 2.59. The summed E-state index contributed by atoms with van der Waals surface area (Å²) < 4.78 is 33.5. The molecule has 0 aliphatic carbocycles. The van der Waals surface area contributed by atoms with E-state index in [2.05, 4.69) is 5.32 Å². The fraction of sp³-hybridized carbons (Fsp3) is 0.333. The van der Waals surface area contributed by atoms with Gasteiger partial charge in [-0.25, -0.2) is 13.6 Å². The number of hydrogen-bond donors (Lipinski definition) is 2. The fourth-order valence-corrected chi connectivity index (χ4v) is 2.99. The number of halogens is 1. The summed E-state index contributed by atoms with van der Waals surface area (Å²) in [6.07, 6.45) is 0.777. The van der Waals surface area contributed by atoms with Crippen molar-refractivity contribution in [2.24, 2.45) is 5.14 Å². The van der Waals surface area contributed by atoms with Crippen LogP contribution in [-0.2, 0) is 23.0 Å². The lowest BCUT2D eigenvalue weighted by Crippen LogP contribution is -2.17. The van der Waals surface area contributed by atoms with Crippen LogP contribution in [0.3, 0.4) is 0 Å². The first kappa shape index (κ1) is 22.2. The minimum atomic E-state index is -3.64. The van der Waals surface area contributed by atoms with Gasteiger partial charge in [-0.05, 0) is 43.7 Å². The molecule has 2 aromatic carbocycles. The molecule has 0 radical (unpaired) electrons. The second-order valence-electron chi connectivity index (χ2n) is 5.50. The molecule has 0 spiro atoms. The van der Waals surface area contributed by atoms with Gasteiger partial charge in [-0.15, -0.1) is 12.4 Å². The van der Waals surface area contributed by atoms with E-state index in [4.69, 9.17) is 14.6 Å². The Hall–Kier alpha value is -1.80. The van der Waals surface area contributed by atoms with Crippen LogP contribution in [0.15, 0.2) is 47.4 Å². The van der Waals surface area contributed by atoms with Crippen LogP contribution in [0.1, 0.15) is 18.1 Å². The first-order valence-electron chi connectivity index (χ1n) is 8.07. The average molecular weight is 401 g/mol. The van der Waals surface area contributed by atoms with Crippen molar-refractivity contribution >= 4 is 22.4 Å². The lowest BCUT2D eigenvalue weighted by atomic mass is 10.1. The van der Waals surface area contributed by atoms with Gasteiger partial charge in [-0.3, -0.25) is 0 Å². The molecule has 0 heterocycles. The highest BCUT2D eigenvalue weighted by atomic mass is 35.5. The summed E-state index contributed by atoms with van der Waals surface area (Å²) in [5.41, 5.74) is 2.07. The van der Waals surface area contributed by atoms with Gasteiger partial charge in [-0.1, -0.05) is 24.3 Å². The number of primary sulfonamides is 1. The fourth-order valence-electron chi connectivity index (χ4n) is 2.47. The summed E-state index contributed by atoms with van der Waals surface area (Å²) in [6, 6.07) is 12.4. The van der Waals surface area contributed by atoms with Crippen LogP contribution in [0.4, 0.5) is 0 Å². The zero-order valence-corrected chi connectivity index (χ0v) is 16.5. The van der Waals surface area contributed by atoms with Crippen molar-refractivity contribution in [3.8, 4) is 11.5 Å². The number of benzene rings is 2. The van der Waals surface area contributed by atoms with Gasteiger partial charge in [0.05, 0.1) is 18.6 Å². The predicted octanol–water partition coefficient (Wildman–Crippen LogP) is 2.50. The Morgan fingerprint density at radius 2 is 1.81 bits per heavy atom. The topological polar surface area (TPSA) is 90.6 Å². The van der Waals surface area contributed by atoms with E-state index < -0.39 is 10.0 Å². The van der Waals surface area contributed by atoms with Crippen molar-refractivity contribution in [2.45, 2.75) is 24.8 Å². The van der Waals surface area contributed by atoms with Crippen molar-refractivity contribution in [3.63, 3.8) is 0 Å². The van der Waals surface area contributed by atoms with E-state index in [-0.39, 0.29) is 17.3 Å². The van der Waals surface area contributed by atoms with Crippen molar-refractivity contribution in [1.82, 2.24) is 5.32 Å². The molecule has 0 saturated heterocycles. The van der Waals surface area contributed by atoms with Crippen molar-refractivity contribution in [3.05, 3.63) is 53.6 Å². The lowest BCUT2D eigenvalue weighted by Gasteiger charge is -2.14. The van der Waals surface area contributed by atoms with Crippen LogP contribution in [0, 0.1) is 0 Å². The summed E-state index contributed by atoms with van der Waals surface area (Å²) in [6.45, 7) is 3.91. The van der Waals surface area contributed by atoms with Gasteiger partial charge in [0.15, 0.2) is 11.5 Å². The van der Waals surface area contributed by atoms with Gasteiger partial charge in [-0.2, -0.15) is 0 Å². The van der Waals surface area contributed by atoms with Crippen LogP contribution < -0.4 is 19.9 Å². The zero-order chi connectivity index (χ0) is 18.3. The summed E-state index contributed by atoms with van der Waals surface area (Å²) in [4.78, 5) is 0.127. The van der Waals surface area contributed by atoms with Gasteiger partial charge >= 0.3 is 0 Å². The number of ether oxygens (including phenoxy) is 2. The largest absolute Gasteiger partial charge is 0.493 e. The highest BCUT2D eigenvalue weighted by Gasteiger charge is 2.10. The molecule has 0 aromatic heterocycles. The predicted molar refractivity (Wildman–Crippen MR) is 105 cm³/mol. The van der Waals surface area contributed by atoms with E-state index in [1.54, 1.807) is 19.2 Å². The van der Waals surface area contributed by atoms with Crippen molar-refractivity contribution in [2.75, 3.05) is 20.3 Å². The van der Waals surface area contributed by atoms with Crippen molar-refractivity contribution in [1.29, 1.82) is 0 Å². The van der Waals surface area contributed by atoms with Gasteiger partial charge in [0.2, 0.25) is 10.0 Å². The van der Waals surface area contributed by atoms with Gasteiger partial charge in [0.1, 0.15) is 0 Å².